The first-order valence-electron chi connectivity index (χ1n) is 3.97. The van der Waals surface area contributed by atoms with E-state index in [0.717, 1.165) is 0 Å². The lowest BCUT2D eigenvalue weighted by molar-refractivity contribution is 0.0838. The Hall–Kier alpha value is -0.120. The maximum atomic E-state index is 9.22. The van der Waals surface area contributed by atoms with Gasteiger partial charge in [-0.2, -0.15) is 0 Å². The standard InChI is InChI=1S/C8H20N2O/c1-8(2,3)10(4)6-7(11)5-9/h7,11H,5-6,9H2,1-4H3/t7-/m0/s1. The Labute approximate surface area is 69.2 Å². The molecule has 0 heterocycles. The molecule has 0 rings (SSSR count). The van der Waals surface area contributed by atoms with Gasteiger partial charge in [-0.3, -0.25) is 4.90 Å². The van der Waals surface area contributed by atoms with Crippen LogP contribution in [0.2, 0.25) is 0 Å². The highest BCUT2D eigenvalue weighted by atomic mass is 16.3. The Kier molecular flexibility index (Phi) is 4.00. The highest BCUT2D eigenvalue weighted by Crippen LogP contribution is 2.09. The molecule has 0 bridgehead atoms. The molecule has 3 nitrogen and oxygen atoms in total. The van der Waals surface area contributed by atoms with E-state index in [-0.39, 0.29) is 5.54 Å². The highest BCUT2D eigenvalue weighted by Gasteiger charge is 2.18. The third-order valence-electron chi connectivity index (χ3n) is 1.90. The van der Waals surface area contributed by atoms with Crippen molar-refractivity contribution in [2.24, 2.45) is 5.73 Å². The summed E-state index contributed by atoms with van der Waals surface area (Å²) in [7, 11) is 1.98. The molecule has 0 amide bonds. The number of aliphatic hydroxyl groups excluding tert-OH is 1. The van der Waals surface area contributed by atoms with E-state index >= 15 is 0 Å². The van der Waals surface area contributed by atoms with Crippen LogP contribution in [0, 0.1) is 0 Å². The molecule has 0 aromatic rings. The van der Waals surface area contributed by atoms with Crippen LogP contribution >= 0.6 is 0 Å². The minimum Gasteiger partial charge on any atom is -0.390 e. The van der Waals surface area contributed by atoms with Crippen molar-refractivity contribution < 1.29 is 5.11 Å². The third-order valence-corrected chi connectivity index (χ3v) is 1.90. The van der Waals surface area contributed by atoms with Gasteiger partial charge in [-0.05, 0) is 27.8 Å². The van der Waals surface area contributed by atoms with Crippen LogP contribution in [-0.2, 0) is 0 Å². The van der Waals surface area contributed by atoms with Gasteiger partial charge in [-0.1, -0.05) is 0 Å². The summed E-state index contributed by atoms with van der Waals surface area (Å²) in [6.45, 7) is 7.29. The number of hydrogen-bond acceptors (Lipinski definition) is 3. The first-order valence-corrected chi connectivity index (χ1v) is 3.97. The van der Waals surface area contributed by atoms with Crippen molar-refractivity contribution >= 4 is 0 Å². The van der Waals surface area contributed by atoms with Crippen LogP contribution in [-0.4, -0.2) is 41.8 Å². The molecule has 3 heteroatoms. The van der Waals surface area contributed by atoms with E-state index in [0.29, 0.717) is 13.1 Å². The molecule has 0 saturated carbocycles. The Morgan fingerprint density at radius 2 is 1.91 bits per heavy atom. The lowest BCUT2D eigenvalue weighted by Gasteiger charge is -2.33. The zero-order chi connectivity index (χ0) is 9.07. The first kappa shape index (κ1) is 10.9. The molecule has 1 atom stereocenters. The Balaban J connectivity index is 3.77. The fraction of sp³-hybridized carbons (Fsp3) is 1.00. The minimum absolute atomic E-state index is 0.107. The number of nitrogens with zero attached hydrogens (tertiary/aromatic N) is 1. The second-order valence-corrected chi connectivity index (χ2v) is 3.94. The van der Waals surface area contributed by atoms with E-state index < -0.39 is 6.10 Å². The number of rotatable bonds is 3. The van der Waals surface area contributed by atoms with Gasteiger partial charge in [0.25, 0.3) is 0 Å². The van der Waals surface area contributed by atoms with Gasteiger partial charge in [0.2, 0.25) is 0 Å². The van der Waals surface area contributed by atoms with Gasteiger partial charge in [0.15, 0.2) is 0 Å². The average molecular weight is 160 g/mol. The number of hydrogen-bond donors (Lipinski definition) is 2. The van der Waals surface area contributed by atoms with Crippen molar-refractivity contribution in [3.63, 3.8) is 0 Å². The molecule has 11 heavy (non-hydrogen) atoms. The fourth-order valence-electron chi connectivity index (χ4n) is 0.665. The maximum absolute atomic E-state index is 9.22. The smallest absolute Gasteiger partial charge is 0.0789 e. The monoisotopic (exact) mass is 160 g/mol. The zero-order valence-corrected chi connectivity index (χ0v) is 7.96. The zero-order valence-electron chi connectivity index (χ0n) is 7.96. The second kappa shape index (κ2) is 4.04. The average Bonchev–Trinajstić information content (AvgIpc) is 1.85. The van der Waals surface area contributed by atoms with E-state index in [9.17, 15) is 5.11 Å². The first-order chi connectivity index (χ1) is 4.88. The lowest BCUT2D eigenvalue weighted by atomic mass is 10.1. The Morgan fingerprint density at radius 1 is 1.45 bits per heavy atom. The van der Waals surface area contributed by atoms with E-state index in [1.54, 1.807) is 0 Å². The summed E-state index contributed by atoms with van der Waals surface area (Å²) in [6.07, 6.45) is -0.403. The summed E-state index contributed by atoms with van der Waals surface area (Å²) in [5, 5.41) is 9.22. The van der Waals surface area contributed by atoms with Crippen LogP contribution in [0.1, 0.15) is 20.8 Å². The summed E-state index contributed by atoms with van der Waals surface area (Å²) < 4.78 is 0. The summed E-state index contributed by atoms with van der Waals surface area (Å²) in [6, 6.07) is 0. The van der Waals surface area contributed by atoms with Crippen LogP contribution in [0.4, 0.5) is 0 Å². The van der Waals surface area contributed by atoms with Gasteiger partial charge in [-0.25, -0.2) is 0 Å². The molecule has 0 aliphatic carbocycles. The molecule has 0 aromatic carbocycles. The molecule has 3 N–H and O–H groups in total. The van der Waals surface area contributed by atoms with Crippen molar-refractivity contribution in [2.75, 3.05) is 20.1 Å². The van der Waals surface area contributed by atoms with Crippen molar-refractivity contribution in [3.05, 3.63) is 0 Å². The van der Waals surface area contributed by atoms with E-state index in [2.05, 4.69) is 25.7 Å². The summed E-state index contributed by atoms with van der Waals surface area (Å²) in [5.74, 6) is 0. The fourth-order valence-corrected chi connectivity index (χ4v) is 0.665. The molecule has 0 spiro atoms. The maximum Gasteiger partial charge on any atom is 0.0789 e. The van der Waals surface area contributed by atoms with E-state index in [1.807, 2.05) is 7.05 Å². The van der Waals surface area contributed by atoms with Gasteiger partial charge in [0, 0.05) is 18.6 Å². The molecule has 0 unspecified atom stereocenters. The molecule has 0 aromatic heterocycles. The van der Waals surface area contributed by atoms with Gasteiger partial charge < -0.3 is 10.8 Å². The predicted octanol–water partition coefficient (Wildman–Crippen LogP) is 0.0363. The number of likely N-dealkylation sites (N-methyl/N-ethyl adjacent to an activating group) is 1. The normalized spacial score (nSPS) is 15.5. The van der Waals surface area contributed by atoms with Crippen molar-refractivity contribution in [2.45, 2.75) is 32.4 Å². The largest absolute Gasteiger partial charge is 0.390 e. The highest BCUT2D eigenvalue weighted by molar-refractivity contribution is 4.75. The molecule has 68 valence electrons. The summed E-state index contributed by atoms with van der Waals surface area (Å²) >= 11 is 0. The van der Waals surface area contributed by atoms with Crippen LogP contribution in [0.5, 0.6) is 0 Å². The molecule has 0 saturated heterocycles. The third kappa shape index (κ3) is 4.35. The Bertz CT molecular complexity index is 109. The molecule has 0 aliphatic heterocycles. The number of β-amino-alcohol motifs (C(OH)–C–C–N with tert-alkyl or cyclic N) is 1. The van der Waals surface area contributed by atoms with Gasteiger partial charge >= 0.3 is 0 Å². The predicted molar refractivity (Wildman–Crippen MR) is 47.4 cm³/mol. The molecular formula is C8H20N2O. The van der Waals surface area contributed by atoms with Crippen LogP contribution in [0.15, 0.2) is 0 Å². The number of nitrogens with two attached hydrogens (primary N) is 1. The van der Waals surface area contributed by atoms with E-state index in [4.69, 9.17) is 5.73 Å². The summed E-state index contributed by atoms with van der Waals surface area (Å²) in [4.78, 5) is 2.09. The number of aliphatic hydroxyl groups is 1. The van der Waals surface area contributed by atoms with E-state index in [1.165, 1.54) is 0 Å². The lowest BCUT2D eigenvalue weighted by Crippen LogP contribution is -2.44. The van der Waals surface area contributed by atoms with Gasteiger partial charge in [0.1, 0.15) is 0 Å². The summed E-state index contributed by atoms with van der Waals surface area (Å²) in [5.41, 5.74) is 5.39. The molecule has 0 radical (unpaired) electrons. The SMILES string of the molecule is CN(C[C@@H](O)CN)C(C)(C)C. The van der Waals surface area contributed by atoms with Gasteiger partial charge in [-0.15, -0.1) is 0 Å². The van der Waals surface area contributed by atoms with Crippen LogP contribution in [0.3, 0.4) is 0 Å². The van der Waals surface area contributed by atoms with Gasteiger partial charge in [0.05, 0.1) is 6.10 Å². The molecule has 0 fully saturated rings. The quantitative estimate of drug-likeness (QED) is 0.612. The Morgan fingerprint density at radius 3 is 2.18 bits per heavy atom. The second-order valence-electron chi connectivity index (χ2n) is 3.94. The molecular weight excluding hydrogens is 140 g/mol. The molecule has 0 aliphatic rings. The minimum atomic E-state index is -0.403. The topological polar surface area (TPSA) is 49.5 Å². The van der Waals surface area contributed by atoms with Crippen molar-refractivity contribution in [1.82, 2.24) is 4.90 Å². The van der Waals surface area contributed by atoms with Crippen molar-refractivity contribution in [3.8, 4) is 0 Å². The van der Waals surface area contributed by atoms with Crippen LogP contribution in [0.25, 0.3) is 0 Å². The van der Waals surface area contributed by atoms with Crippen LogP contribution < -0.4 is 5.73 Å². The van der Waals surface area contributed by atoms with Crippen molar-refractivity contribution in [1.29, 1.82) is 0 Å².